The standard InChI is InChI=1S/C17H20N2O6S/c1-17(2)24-15(20)14(16(21)25-17)11-18-12-5-7-13(8-6-12)26(22,23)19-9-3-4-10-19/h5-8,11,18H,3-4,9-10H2,1-2H3. The van der Waals surface area contributed by atoms with Crippen LogP contribution in [0.4, 0.5) is 5.69 Å². The molecule has 26 heavy (non-hydrogen) atoms. The molecule has 0 aromatic heterocycles. The molecule has 8 nitrogen and oxygen atoms in total. The lowest BCUT2D eigenvalue weighted by Crippen LogP contribution is -2.42. The minimum absolute atomic E-state index is 0.204. The van der Waals surface area contributed by atoms with Crippen molar-refractivity contribution in [2.24, 2.45) is 0 Å². The van der Waals surface area contributed by atoms with Crippen LogP contribution in [-0.2, 0) is 29.1 Å². The molecule has 1 aromatic carbocycles. The summed E-state index contributed by atoms with van der Waals surface area (Å²) in [6, 6.07) is 6.08. The van der Waals surface area contributed by atoms with Crippen LogP contribution in [0.15, 0.2) is 40.9 Å². The molecule has 0 spiro atoms. The second-order valence-corrected chi connectivity index (χ2v) is 8.45. The van der Waals surface area contributed by atoms with Gasteiger partial charge in [-0.15, -0.1) is 0 Å². The molecule has 0 amide bonds. The summed E-state index contributed by atoms with van der Waals surface area (Å²) in [7, 11) is -3.48. The Bertz CT molecular complexity index is 830. The fourth-order valence-electron chi connectivity index (χ4n) is 2.73. The molecule has 0 atom stereocenters. The van der Waals surface area contributed by atoms with Crippen molar-refractivity contribution in [3.8, 4) is 0 Å². The Balaban J connectivity index is 1.72. The van der Waals surface area contributed by atoms with Crippen LogP contribution in [0.25, 0.3) is 0 Å². The van der Waals surface area contributed by atoms with Gasteiger partial charge in [0.15, 0.2) is 5.57 Å². The van der Waals surface area contributed by atoms with Gasteiger partial charge in [-0.05, 0) is 37.1 Å². The van der Waals surface area contributed by atoms with Crippen molar-refractivity contribution in [1.82, 2.24) is 4.31 Å². The van der Waals surface area contributed by atoms with E-state index < -0.39 is 27.7 Å². The maximum atomic E-state index is 12.5. The first-order valence-corrected chi connectivity index (χ1v) is 9.67. The van der Waals surface area contributed by atoms with Gasteiger partial charge in [-0.1, -0.05) is 0 Å². The zero-order valence-corrected chi connectivity index (χ0v) is 15.3. The van der Waals surface area contributed by atoms with Crippen LogP contribution < -0.4 is 5.32 Å². The summed E-state index contributed by atoms with van der Waals surface area (Å²) in [6.45, 7) is 4.00. The third kappa shape index (κ3) is 3.73. The van der Waals surface area contributed by atoms with E-state index in [9.17, 15) is 18.0 Å². The predicted molar refractivity (Wildman–Crippen MR) is 92.4 cm³/mol. The highest BCUT2D eigenvalue weighted by Gasteiger charge is 2.39. The number of hydrogen-bond acceptors (Lipinski definition) is 7. The Hall–Kier alpha value is -2.39. The van der Waals surface area contributed by atoms with Crippen LogP contribution in [0.5, 0.6) is 0 Å². The normalized spacial score (nSPS) is 20.5. The number of anilines is 1. The van der Waals surface area contributed by atoms with Gasteiger partial charge in [0.1, 0.15) is 0 Å². The highest BCUT2D eigenvalue weighted by molar-refractivity contribution is 7.89. The van der Waals surface area contributed by atoms with Crippen molar-refractivity contribution in [2.45, 2.75) is 37.4 Å². The van der Waals surface area contributed by atoms with Gasteiger partial charge >= 0.3 is 11.9 Å². The largest absolute Gasteiger partial charge is 0.419 e. The average molecular weight is 380 g/mol. The lowest BCUT2D eigenvalue weighted by molar-refractivity contribution is -0.222. The number of sulfonamides is 1. The number of hydrogen-bond donors (Lipinski definition) is 1. The van der Waals surface area contributed by atoms with Crippen LogP contribution in [0, 0.1) is 0 Å². The Morgan fingerprint density at radius 3 is 2.12 bits per heavy atom. The molecule has 1 N–H and O–H groups in total. The Kier molecular flexibility index (Phi) is 4.76. The highest BCUT2D eigenvalue weighted by atomic mass is 32.2. The Morgan fingerprint density at radius 1 is 1.04 bits per heavy atom. The van der Waals surface area contributed by atoms with Gasteiger partial charge in [0, 0.05) is 38.8 Å². The summed E-state index contributed by atoms with van der Waals surface area (Å²) in [5.41, 5.74) is 0.251. The number of ether oxygens (including phenoxy) is 2. The van der Waals surface area contributed by atoms with E-state index >= 15 is 0 Å². The zero-order valence-electron chi connectivity index (χ0n) is 14.5. The molecule has 2 heterocycles. The van der Waals surface area contributed by atoms with Gasteiger partial charge in [-0.2, -0.15) is 4.31 Å². The summed E-state index contributed by atoms with van der Waals surface area (Å²) in [5, 5.41) is 2.78. The summed E-state index contributed by atoms with van der Waals surface area (Å²) in [4.78, 5) is 23.9. The van der Waals surface area contributed by atoms with Crippen LogP contribution in [0.3, 0.4) is 0 Å². The smallest absolute Gasteiger partial charge is 0.350 e. The zero-order chi connectivity index (χ0) is 18.9. The molecular formula is C17H20N2O6S. The van der Waals surface area contributed by atoms with Gasteiger partial charge in [0.05, 0.1) is 4.90 Å². The number of rotatable bonds is 4. The lowest BCUT2D eigenvalue weighted by atomic mass is 10.2. The Labute approximate surface area is 151 Å². The van der Waals surface area contributed by atoms with Crippen molar-refractivity contribution in [1.29, 1.82) is 0 Å². The summed E-state index contributed by atoms with van der Waals surface area (Å²) < 4.78 is 36.4. The monoisotopic (exact) mass is 380 g/mol. The quantitative estimate of drug-likeness (QED) is 0.481. The fraction of sp³-hybridized carbons (Fsp3) is 0.412. The molecule has 2 saturated heterocycles. The van der Waals surface area contributed by atoms with E-state index in [2.05, 4.69) is 5.32 Å². The molecule has 0 bridgehead atoms. The van der Waals surface area contributed by atoms with Crippen molar-refractivity contribution in [3.05, 3.63) is 36.0 Å². The first-order chi connectivity index (χ1) is 12.2. The van der Waals surface area contributed by atoms with E-state index in [1.807, 2.05) is 0 Å². The van der Waals surface area contributed by atoms with E-state index in [4.69, 9.17) is 9.47 Å². The second-order valence-electron chi connectivity index (χ2n) is 6.52. The maximum absolute atomic E-state index is 12.5. The molecular weight excluding hydrogens is 360 g/mol. The fourth-order valence-corrected chi connectivity index (χ4v) is 4.25. The van der Waals surface area contributed by atoms with Crippen molar-refractivity contribution < 1.29 is 27.5 Å². The molecule has 3 rings (SSSR count). The number of nitrogens with one attached hydrogen (secondary N) is 1. The minimum atomic E-state index is -3.48. The second kappa shape index (κ2) is 6.73. The third-order valence-corrected chi connectivity index (χ3v) is 5.97. The van der Waals surface area contributed by atoms with Gasteiger partial charge in [-0.25, -0.2) is 18.0 Å². The van der Waals surface area contributed by atoms with Gasteiger partial charge < -0.3 is 14.8 Å². The van der Waals surface area contributed by atoms with Crippen LogP contribution >= 0.6 is 0 Å². The number of carbonyl (C=O) groups is 2. The van der Waals surface area contributed by atoms with Crippen molar-refractivity contribution in [3.63, 3.8) is 0 Å². The van der Waals surface area contributed by atoms with E-state index in [-0.39, 0.29) is 10.5 Å². The number of cyclic esters (lactones) is 2. The van der Waals surface area contributed by atoms with E-state index in [1.54, 1.807) is 12.1 Å². The predicted octanol–water partition coefficient (Wildman–Crippen LogP) is 1.60. The van der Waals surface area contributed by atoms with E-state index in [0.29, 0.717) is 18.8 Å². The molecule has 1 aromatic rings. The summed E-state index contributed by atoms with van der Waals surface area (Å²) >= 11 is 0. The van der Waals surface area contributed by atoms with Crippen LogP contribution in [0.1, 0.15) is 26.7 Å². The number of benzene rings is 1. The highest BCUT2D eigenvalue weighted by Crippen LogP contribution is 2.24. The molecule has 140 valence electrons. The molecule has 0 radical (unpaired) electrons. The van der Waals surface area contributed by atoms with Crippen molar-refractivity contribution in [2.75, 3.05) is 18.4 Å². The Morgan fingerprint density at radius 2 is 1.58 bits per heavy atom. The molecule has 0 saturated carbocycles. The van der Waals surface area contributed by atoms with Gasteiger partial charge in [-0.3, -0.25) is 0 Å². The molecule has 0 aliphatic carbocycles. The van der Waals surface area contributed by atoms with E-state index in [1.165, 1.54) is 36.5 Å². The van der Waals surface area contributed by atoms with E-state index in [0.717, 1.165) is 12.8 Å². The summed E-state index contributed by atoms with van der Waals surface area (Å²) in [6.07, 6.45) is 2.93. The molecule has 2 fully saturated rings. The SMILES string of the molecule is CC1(C)OC(=O)C(=CNc2ccc(S(=O)(=O)N3CCCC3)cc2)C(=O)O1. The molecule has 2 aliphatic rings. The molecule has 0 unspecified atom stereocenters. The number of esters is 2. The van der Waals surface area contributed by atoms with Gasteiger partial charge in [0.25, 0.3) is 5.79 Å². The minimum Gasteiger partial charge on any atom is -0.419 e. The van der Waals surface area contributed by atoms with Gasteiger partial charge in [0.2, 0.25) is 10.0 Å². The summed E-state index contributed by atoms with van der Waals surface area (Å²) in [5.74, 6) is -2.86. The average Bonchev–Trinajstić information content (AvgIpc) is 3.08. The lowest BCUT2D eigenvalue weighted by Gasteiger charge is -2.29. The molecule has 2 aliphatic heterocycles. The van der Waals surface area contributed by atoms with Crippen LogP contribution in [0.2, 0.25) is 0 Å². The number of nitrogens with zero attached hydrogens (tertiary/aromatic N) is 1. The number of carbonyl (C=O) groups excluding carboxylic acids is 2. The van der Waals surface area contributed by atoms with Crippen LogP contribution in [-0.4, -0.2) is 43.5 Å². The topological polar surface area (TPSA) is 102 Å². The van der Waals surface area contributed by atoms with Crippen molar-refractivity contribution >= 4 is 27.6 Å². The maximum Gasteiger partial charge on any atom is 0.350 e. The first-order valence-electron chi connectivity index (χ1n) is 8.23. The first kappa shape index (κ1) is 18.4. The molecule has 9 heteroatoms. The third-order valence-electron chi connectivity index (χ3n) is 4.06.